The van der Waals surface area contributed by atoms with Crippen molar-refractivity contribution in [1.29, 1.82) is 0 Å². The predicted molar refractivity (Wildman–Crippen MR) is 64.3 cm³/mol. The third-order valence-electron chi connectivity index (χ3n) is 2.54. The van der Waals surface area contributed by atoms with Gasteiger partial charge in [0.05, 0.1) is 13.2 Å². The van der Waals surface area contributed by atoms with Crippen molar-refractivity contribution in [3.05, 3.63) is 0 Å². The van der Waals surface area contributed by atoms with Gasteiger partial charge in [0.1, 0.15) is 0 Å². The van der Waals surface area contributed by atoms with E-state index < -0.39 is 0 Å². The second-order valence-electron chi connectivity index (χ2n) is 5.54. The van der Waals surface area contributed by atoms with Gasteiger partial charge in [0.25, 0.3) is 0 Å². The van der Waals surface area contributed by atoms with Gasteiger partial charge in [-0.25, -0.2) is 0 Å². The summed E-state index contributed by atoms with van der Waals surface area (Å²) in [6.07, 6.45) is 0.593. The highest BCUT2D eigenvalue weighted by Gasteiger charge is 2.16. The maximum atomic E-state index is 11.5. The highest BCUT2D eigenvalue weighted by atomic mass is 16.5. The summed E-state index contributed by atoms with van der Waals surface area (Å²) in [5, 5.41) is 2.97. The highest BCUT2D eigenvalue weighted by molar-refractivity contribution is 5.76. The molecular formula is C12H24N2O2. The molecule has 0 saturated carbocycles. The molecule has 0 aliphatic carbocycles. The minimum atomic E-state index is 0.0725. The van der Waals surface area contributed by atoms with E-state index in [0.717, 1.165) is 39.4 Å². The lowest BCUT2D eigenvalue weighted by molar-refractivity contribution is -0.122. The van der Waals surface area contributed by atoms with E-state index in [2.05, 4.69) is 31.0 Å². The maximum absolute atomic E-state index is 11.5. The Kier molecular flexibility index (Phi) is 5.22. The molecule has 1 saturated heterocycles. The van der Waals surface area contributed by atoms with Gasteiger partial charge in [-0.3, -0.25) is 9.69 Å². The van der Waals surface area contributed by atoms with Crippen molar-refractivity contribution in [2.24, 2.45) is 5.41 Å². The van der Waals surface area contributed by atoms with Crippen LogP contribution >= 0.6 is 0 Å². The van der Waals surface area contributed by atoms with Gasteiger partial charge in [-0.1, -0.05) is 20.8 Å². The summed E-state index contributed by atoms with van der Waals surface area (Å²) in [7, 11) is 0. The van der Waals surface area contributed by atoms with Gasteiger partial charge in [0.2, 0.25) is 5.91 Å². The minimum Gasteiger partial charge on any atom is -0.379 e. The first kappa shape index (κ1) is 13.5. The third kappa shape index (κ3) is 6.08. The molecule has 0 aromatic rings. The van der Waals surface area contributed by atoms with Crippen molar-refractivity contribution in [3.8, 4) is 0 Å². The van der Waals surface area contributed by atoms with Crippen LogP contribution in [0.5, 0.6) is 0 Å². The smallest absolute Gasteiger partial charge is 0.220 e. The lowest BCUT2D eigenvalue weighted by Gasteiger charge is -2.26. The Morgan fingerprint density at radius 2 is 1.94 bits per heavy atom. The quantitative estimate of drug-likeness (QED) is 0.776. The molecule has 0 aromatic carbocycles. The van der Waals surface area contributed by atoms with Crippen LogP contribution in [-0.2, 0) is 9.53 Å². The van der Waals surface area contributed by atoms with E-state index in [1.807, 2.05) is 0 Å². The molecule has 1 amide bonds. The first-order valence-corrected chi connectivity index (χ1v) is 6.04. The number of morpholine rings is 1. The number of rotatable bonds is 4. The van der Waals surface area contributed by atoms with E-state index >= 15 is 0 Å². The molecule has 4 heteroatoms. The summed E-state index contributed by atoms with van der Waals surface area (Å²) in [5.74, 6) is 0.153. The number of ether oxygens (including phenoxy) is 1. The monoisotopic (exact) mass is 228 g/mol. The summed E-state index contributed by atoms with van der Waals surface area (Å²) in [6.45, 7) is 11.5. The van der Waals surface area contributed by atoms with Crippen LogP contribution in [0.15, 0.2) is 0 Å². The number of nitrogens with zero attached hydrogens (tertiary/aromatic N) is 1. The topological polar surface area (TPSA) is 41.6 Å². The molecule has 4 nitrogen and oxygen atoms in total. The van der Waals surface area contributed by atoms with Crippen LogP contribution in [0.25, 0.3) is 0 Å². The Balaban J connectivity index is 2.08. The molecule has 0 aromatic heterocycles. The Morgan fingerprint density at radius 1 is 1.31 bits per heavy atom. The summed E-state index contributed by atoms with van der Waals surface area (Å²) < 4.78 is 5.26. The molecule has 1 aliphatic heterocycles. The van der Waals surface area contributed by atoms with Gasteiger partial charge < -0.3 is 10.1 Å². The summed E-state index contributed by atoms with van der Waals surface area (Å²) in [4.78, 5) is 13.9. The average molecular weight is 228 g/mol. The third-order valence-corrected chi connectivity index (χ3v) is 2.54. The largest absolute Gasteiger partial charge is 0.379 e. The number of carbonyl (C=O) groups is 1. The molecule has 1 aliphatic rings. The van der Waals surface area contributed by atoms with E-state index in [4.69, 9.17) is 4.74 Å². The van der Waals surface area contributed by atoms with Crippen LogP contribution < -0.4 is 5.32 Å². The standard InChI is InChI=1S/C12H24N2O2/c1-12(2,3)10-11(15)13-4-5-14-6-8-16-9-7-14/h4-10H2,1-3H3,(H,13,15). The fourth-order valence-electron chi connectivity index (χ4n) is 1.72. The average Bonchev–Trinajstić information content (AvgIpc) is 2.16. The van der Waals surface area contributed by atoms with E-state index in [1.165, 1.54) is 0 Å². The summed E-state index contributed by atoms with van der Waals surface area (Å²) in [5.41, 5.74) is 0.0725. The van der Waals surface area contributed by atoms with E-state index in [0.29, 0.717) is 6.42 Å². The second kappa shape index (κ2) is 6.21. The minimum absolute atomic E-state index is 0.0725. The van der Waals surface area contributed by atoms with Gasteiger partial charge in [0, 0.05) is 32.6 Å². The predicted octanol–water partition coefficient (Wildman–Crippen LogP) is 0.871. The van der Waals surface area contributed by atoms with Crippen molar-refractivity contribution < 1.29 is 9.53 Å². The first-order chi connectivity index (χ1) is 7.47. The molecule has 0 unspecified atom stereocenters. The van der Waals surface area contributed by atoms with Crippen molar-refractivity contribution in [3.63, 3.8) is 0 Å². The molecule has 0 bridgehead atoms. The Labute approximate surface area is 98.3 Å². The number of carbonyl (C=O) groups excluding carboxylic acids is 1. The zero-order chi connectivity index (χ0) is 12.0. The number of amides is 1. The zero-order valence-electron chi connectivity index (χ0n) is 10.7. The van der Waals surface area contributed by atoms with E-state index in [-0.39, 0.29) is 11.3 Å². The van der Waals surface area contributed by atoms with Gasteiger partial charge >= 0.3 is 0 Å². The second-order valence-corrected chi connectivity index (χ2v) is 5.54. The zero-order valence-corrected chi connectivity index (χ0v) is 10.7. The molecule has 0 radical (unpaired) electrons. The first-order valence-electron chi connectivity index (χ1n) is 6.04. The number of hydrogen-bond donors (Lipinski definition) is 1. The van der Waals surface area contributed by atoms with Crippen LogP contribution in [0.3, 0.4) is 0 Å². The summed E-state index contributed by atoms with van der Waals surface area (Å²) in [6, 6.07) is 0. The van der Waals surface area contributed by atoms with Crippen LogP contribution in [-0.4, -0.2) is 50.2 Å². The number of nitrogens with one attached hydrogen (secondary N) is 1. The highest BCUT2D eigenvalue weighted by Crippen LogP contribution is 2.17. The lowest BCUT2D eigenvalue weighted by atomic mass is 9.92. The molecule has 16 heavy (non-hydrogen) atoms. The van der Waals surface area contributed by atoms with Gasteiger partial charge in [-0.05, 0) is 5.41 Å². The van der Waals surface area contributed by atoms with E-state index in [1.54, 1.807) is 0 Å². The van der Waals surface area contributed by atoms with Crippen LogP contribution in [0.2, 0.25) is 0 Å². The molecular weight excluding hydrogens is 204 g/mol. The van der Waals surface area contributed by atoms with Gasteiger partial charge in [-0.2, -0.15) is 0 Å². The van der Waals surface area contributed by atoms with Gasteiger partial charge in [0.15, 0.2) is 0 Å². The van der Waals surface area contributed by atoms with Crippen molar-refractivity contribution >= 4 is 5.91 Å². The lowest BCUT2D eigenvalue weighted by Crippen LogP contribution is -2.41. The Morgan fingerprint density at radius 3 is 2.50 bits per heavy atom. The fourth-order valence-corrected chi connectivity index (χ4v) is 1.72. The van der Waals surface area contributed by atoms with Crippen molar-refractivity contribution in [2.45, 2.75) is 27.2 Å². The van der Waals surface area contributed by atoms with Crippen LogP contribution in [0.1, 0.15) is 27.2 Å². The molecule has 0 atom stereocenters. The molecule has 1 heterocycles. The molecule has 1 N–H and O–H groups in total. The summed E-state index contributed by atoms with van der Waals surface area (Å²) >= 11 is 0. The molecule has 94 valence electrons. The van der Waals surface area contributed by atoms with Crippen LogP contribution in [0.4, 0.5) is 0 Å². The Hall–Kier alpha value is -0.610. The SMILES string of the molecule is CC(C)(C)CC(=O)NCCN1CCOCC1. The van der Waals surface area contributed by atoms with Gasteiger partial charge in [-0.15, -0.1) is 0 Å². The molecule has 1 rings (SSSR count). The van der Waals surface area contributed by atoms with Crippen molar-refractivity contribution in [2.75, 3.05) is 39.4 Å². The maximum Gasteiger partial charge on any atom is 0.220 e. The van der Waals surface area contributed by atoms with E-state index in [9.17, 15) is 4.79 Å². The molecule has 1 fully saturated rings. The number of hydrogen-bond acceptors (Lipinski definition) is 3. The van der Waals surface area contributed by atoms with Crippen molar-refractivity contribution in [1.82, 2.24) is 10.2 Å². The fraction of sp³-hybridized carbons (Fsp3) is 0.917. The normalized spacial score (nSPS) is 18.4. The molecule has 0 spiro atoms. The van der Waals surface area contributed by atoms with Crippen LogP contribution in [0, 0.1) is 5.41 Å². The Bertz CT molecular complexity index is 218.